The lowest BCUT2D eigenvalue weighted by Gasteiger charge is -2.56. The smallest absolute Gasteiger partial charge is 0.334 e. The minimum atomic E-state index is -0.691. The molecule has 0 spiro atoms. The van der Waals surface area contributed by atoms with Crippen LogP contribution in [0.1, 0.15) is 51.5 Å². The lowest BCUT2D eigenvalue weighted by atomic mass is 9.46. The maximum Gasteiger partial charge on any atom is 0.334 e. The summed E-state index contributed by atoms with van der Waals surface area (Å²) in [5.74, 6) is 0.338. The molecule has 4 unspecified atom stereocenters. The molecule has 0 aromatic carbocycles. The van der Waals surface area contributed by atoms with Gasteiger partial charge in [0.05, 0.1) is 25.1 Å². The van der Waals surface area contributed by atoms with Crippen molar-refractivity contribution in [3.63, 3.8) is 0 Å². The molecule has 1 aromatic rings. The van der Waals surface area contributed by atoms with Crippen molar-refractivity contribution >= 4 is 12.3 Å². The van der Waals surface area contributed by atoms with Crippen LogP contribution in [-0.2, 0) is 20.7 Å². The molecule has 4 heteroatoms. The number of hydrogen-bond acceptors (Lipinski definition) is 4. The van der Waals surface area contributed by atoms with E-state index in [9.17, 15) is 9.59 Å². The Morgan fingerprint density at radius 2 is 2.24 bits per heavy atom. The molecular weight excluding hydrogens is 316 g/mol. The Bertz CT molecular complexity index is 659. The third-order valence-electron chi connectivity index (χ3n) is 6.99. The van der Waals surface area contributed by atoms with Crippen LogP contribution in [0.25, 0.3) is 0 Å². The van der Waals surface area contributed by atoms with Crippen LogP contribution in [0.3, 0.4) is 0 Å². The molecule has 136 valence electrons. The van der Waals surface area contributed by atoms with Gasteiger partial charge in [0.15, 0.2) is 0 Å². The highest BCUT2D eigenvalue weighted by atomic mass is 16.5. The van der Waals surface area contributed by atoms with E-state index < -0.39 is 5.41 Å². The van der Waals surface area contributed by atoms with Crippen molar-refractivity contribution < 1.29 is 18.7 Å². The molecule has 0 saturated heterocycles. The number of ether oxygens (including phenoxy) is 1. The third kappa shape index (κ3) is 2.86. The van der Waals surface area contributed by atoms with Gasteiger partial charge < -0.3 is 13.9 Å². The molecule has 0 amide bonds. The fraction of sp³-hybridized carbons (Fsp3) is 0.619. The Kier molecular flexibility index (Phi) is 4.90. The van der Waals surface area contributed by atoms with Crippen LogP contribution in [0.15, 0.2) is 34.7 Å². The Morgan fingerprint density at radius 1 is 1.44 bits per heavy atom. The van der Waals surface area contributed by atoms with Crippen molar-refractivity contribution in [2.45, 2.75) is 52.4 Å². The summed E-state index contributed by atoms with van der Waals surface area (Å²) in [5.41, 5.74) is 1.09. The first-order valence-corrected chi connectivity index (χ1v) is 9.24. The summed E-state index contributed by atoms with van der Waals surface area (Å²) >= 11 is 0. The number of carbonyl (C=O) groups is 2. The van der Waals surface area contributed by atoms with Gasteiger partial charge in [-0.25, -0.2) is 4.79 Å². The van der Waals surface area contributed by atoms with E-state index in [4.69, 9.17) is 9.15 Å². The first kappa shape index (κ1) is 18.0. The molecule has 3 rings (SSSR count). The Hall–Kier alpha value is -1.84. The Morgan fingerprint density at radius 3 is 2.88 bits per heavy atom. The van der Waals surface area contributed by atoms with Crippen LogP contribution >= 0.6 is 0 Å². The lowest BCUT2D eigenvalue weighted by molar-refractivity contribution is -0.145. The highest BCUT2D eigenvalue weighted by molar-refractivity contribution is 5.95. The average molecular weight is 344 g/mol. The normalized spacial score (nSPS) is 34.8. The topological polar surface area (TPSA) is 56.5 Å². The predicted molar refractivity (Wildman–Crippen MR) is 94.9 cm³/mol. The minimum Gasteiger partial charge on any atom is -0.472 e. The molecule has 2 aliphatic carbocycles. The molecule has 25 heavy (non-hydrogen) atoms. The summed E-state index contributed by atoms with van der Waals surface area (Å²) in [6, 6.07) is 2.00. The number of carbonyl (C=O) groups excluding carboxylic acids is 2. The third-order valence-corrected chi connectivity index (χ3v) is 6.99. The van der Waals surface area contributed by atoms with Crippen molar-refractivity contribution in [3.05, 3.63) is 35.8 Å². The second-order valence-corrected chi connectivity index (χ2v) is 7.97. The average Bonchev–Trinajstić information content (AvgIpc) is 3.16. The van der Waals surface area contributed by atoms with Crippen molar-refractivity contribution in [2.24, 2.45) is 22.7 Å². The van der Waals surface area contributed by atoms with Crippen LogP contribution in [0, 0.1) is 22.7 Å². The quantitative estimate of drug-likeness (QED) is 0.589. The fourth-order valence-corrected chi connectivity index (χ4v) is 5.24. The number of aryl methyl sites for hydroxylation is 1. The standard InChI is InChI=1S/C21H28O4/c1-15-7-11-21(14-22)17(19(23)24-3)5-4-6-18(21)20(15,2)10-8-16-9-12-25-13-16/h5,9,12-15,18H,4,6-8,10-11H2,1-3H3. The molecule has 4 nitrogen and oxygen atoms in total. The maximum absolute atomic E-state index is 12.4. The fourth-order valence-electron chi connectivity index (χ4n) is 5.24. The molecule has 0 aliphatic heterocycles. The highest BCUT2D eigenvalue weighted by Gasteiger charge is 2.57. The van der Waals surface area contributed by atoms with E-state index in [0.717, 1.165) is 44.8 Å². The van der Waals surface area contributed by atoms with Crippen LogP contribution in [0.4, 0.5) is 0 Å². The number of rotatable bonds is 5. The number of methoxy groups -OCH3 is 1. The zero-order valence-electron chi connectivity index (χ0n) is 15.4. The molecule has 4 atom stereocenters. The van der Waals surface area contributed by atoms with Crippen molar-refractivity contribution in [1.82, 2.24) is 0 Å². The molecule has 1 fully saturated rings. The zero-order chi connectivity index (χ0) is 18.1. The van der Waals surface area contributed by atoms with Crippen LogP contribution in [0.5, 0.6) is 0 Å². The zero-order valence-corrected chi connectivity index (χ0v) is 15.4. The van der Waals surface area contributed by atoms with E-state index in [1.165, 1.54) is 12.7 Å². The van der Waals surface area contributed by atoms with Gasteiger partial charge in [-0.3, -0.25) is 0 Å². The van der Waals surface area contributed by atoms with Crippen molar-refractivity contribution in [1.29, 1.82) is 0 Å². The maximum atomic E-state index is 12.4. The number of furan rings is 1. The van der Waals surface area contributed by atoms with E-state index in [2.05, 4.69) is 13.8 Å². The summed E-state index contributed by atoms with van der Waals surface area (Å²) < 4.78 is 10.2. The summed E-state index contributed by atoms with van der Waals surface area (Å²) in [5, 5.41) is 0. The predicted octanol–water partition coefficient (Wildman–Crippen LogP) is 4.34. The van der Waals surface area contributed by atoms with Gasteiger partial charge in [0, 0.05) is 5.57 Å². The Labute approximate surface area is 149 Å². The number of esters is 1. The van der Waals surface area contributed by atoms with Gasteiger partial charge in [-0.2, -0.15) is 0 Å². The van der Waals surface area contributed by atoms with E-state index in [0.29, 0.717) is 11.5 Å². The first-order chi connectivity index (χ1) is 12.0. The number of hydrogen-bond donors (Lipinski definition) is 0. The van der Waals surface area contributed by atoms with Gasteiger partial charge in [0.2, 0.25) is 0 Å². The summed E-state index contributed by atoms with van der Waals surface area (Å²) in [7, 11) is 1.40. The second kappa shape index (κ2) is 6.81. The van der Waals surface area contributed by atoms with Gasteiger partial charge >= 0.3 is 5.97 Å². The SMILES string of the molecule is COC(=O)C1=CCCC2C1(C=O)CCC(C)C2(C)CCc1ccoc1. The molecule has 1 aromatic heterocycles. The van der Waals surface area contributed by atoms with E-state index in [1.54, 1.807) is 12.5 Å². The van der Waals surface area contributed by atoms with Crippen molar-refractivity contribution in [3.8, 4) is 0 Å². The molecular formula is C21H28O4. The Balaban J connectivity index is 1.95. The van der Waals surface area contributed by atoms with Crippen LogP contribution < -0.4 is 0 Å². The second-order valence-electron chi connectivity index (χ2n) is 7.97. The molecule has 1 heterocycles. The largest absolute Gasteiger partial charge is 0.472 e. The summed E-state index contributed by atoms with van der Waals surface area (Å²) in [6.07, 6.45) is 11.9. The monoisotopic (exact) mass is 344 g/mol. The lowest BCUT2D eigenvalue weighted by Crippen LogP contribution is -2.53. The summed E-state index contributed by atoms with van der Waals surface area (Å²) in [6.45, 7) is 4.60. The minimum absolute atomic E-state index is 0.00393. The van der Waals surface area contributed by atoms with Gasteiger partial charge in [0.1, 0.15) is 6.29 Å². The van der Waals surface area contributed by atoms with Gasteiger partial charge in [0.25, 0.3) is 0 Å². The van der Waals surface area contributed by atoms with Crippen LogP contribution in [-0.4, -0.2) is 19.4 Å². The molecule has 0 radical (unpaired) electrons. The van der Waals surface area contributed by atoms with Gasteiger partial charge in [-0.15, -0.1) is 0 Å². The van der Waals surface area contributed by atoms with Crippen molar-refractivity contribution in [2.75, 3.05) is 7.11 Å². The van der Waals surface area contributed by atoms with Gasteiger partial charge in [-0.1, -0.05) is 19.9 Å². The first-order valence-electron chi connectivity index (χ1n) is 9.24. The summed E-state index contributed by atoms with van der Waals surface area (Å²) in [4.78, 5) is 24.7. The van der Waals surface area contributed by atoms with Crippen LogP contribution in [0.2, 0.25) is 0 Å². The van der Waals surface area contributed by atoms with E-state index in [1.807, 2.05) is 12.1 Å². The molecule has 0 bridgehead atoms. The highest BCUT2D eigenvalue weighted by Crippen LogP contribution is 2.61. The molecule has 0 N–H and O–H groups in total. The number of fused-ring (bicyclic) bond motifs is 1. The van der Waals surface area contributed by atoms with Gasteiger partial charge in [-0.05, 0) is 67.4 Å². The molecule has 2 aliphatic rings. The number of allylic oxidation sites excluding steroid dienone is 1. The number of aldehydes is 1. The van der Waals surface area contributed by atoms with E-state index >= 15 is 0 Å². The molecule has 1 saturated carbocycles. The van der Waals surface area contributed by atoms with E-state index in [-0.39, 0.29) is 17.3 Å².